The Hall–Kier alpha value is -0.870. The largest absolute Gasteiger partial charge is 0.314 e. The van der Waals surface area contributed by atoms with Gasteiger partial charge < -0.3 is 5.32 Å². The van der Waals surface area contributed by atoms with E-state index in [-0.39, 0.29) is 0 Å². The highest BCUT2D eigenvalue weighted by Crippen LogP contribution is 2.15. The molecule has 0 radical (unpaired) electrons. The van der Waals surface area contributed by atoms with Gasteiger partial charge in [-0.05, 0) is 12.0 Å². The van der Waals surface area contributed by atoms with Crippen LogP contribution in [0.1, 0.15) is 19.5 Å². The molecule has 0 aromatic carbocycles. The van der Waals surface area contributed by atoms with E-state index in [2.05, 4.69) is 35.2 Å². The van der Waals surface area contributed by atoms with Crippen LogP contribution in [-0.2, 0) is 13.6 Å². The minimum Gasteiger partial charge on any atom is -0.314 e. The number of nitrogens with one attached hydrogen (secondary N) is 1. The van der Waals surface area contributed by atoms with Crippen LogP contribution in [0.25, 0.3) is 0 Å². The molecule has 0 spiro atoms. The summed E-state index contributed by atoms with van der Waals surface area (Å²) in [4.78, 5) is 2.55. The Bertz CT molecular complexity index is 332. The summed E-state index contributed by atoms with van der Waals surface area (Å²) in [5, 5.41) is 7.92. The third-order valence-electron chi connectivity index (χ3n) is 3.30. The van der Waals surface area contributed by atoms with Gasteiger partial charge >= 0.3 is 0 Å². The van der Waals surface area contributed by atoms with E-state index in [4.69, 9.17) is 0 Å². The highest BCUT2D eigenvalue weighted by atomic mass is 15.3. The maximum atomic E-state index is 4.45. The van der Waals surface area contributed by atoms with Crippen LogP contribution in [0.4, 0.5) is 0 Å². The molecule has 2 heterocycles. The van der Waals surface area contributed by atoms with Gasteiger partial charge in [0.05, 0.1) is 5.69 Å². The van der Waals surface area contributed by atoms with Crippen LogP contribution in [-0.4, -0.2) is 40.4 Å². The smallest absolute Gasteiger partial charge is 0.0764 e. The lowest BCUT2D eigenvalue weighted by Crippen LogP contribution is -2.53. The number of piperazine rings is 1. The maximum Gasteiger partial charge on any atom is 0.0764 e. The monoisotopic (exact) mass is 222 g/mol. The van der Waals surface area contributed by atoms with Crippen molar-refractivity contribution in [1.82, 2.24) is 20.0 Å². The van der Waals surface area contributed by atoms with Crippen LogP contribution < -0.4 is 5.32 Å². The van der Waals surface area contributed by atoms with Crippen molar-refractivity contribution >= 4 is 0 Å². The SMILES string of the molecule is CC(C)C1CNCCN1Cc1ccn(C)n1. The lowest BCUT2D eigenvalue weighted by molar-refractivity contribution is 0.115. The van der Waals surface area contributed by atoms with Crippen LogP contribution in [0.2, 0.25) is 0 Å². The summed E-state index contributed by atoms with van der Waals surface area (Å²) in [5.41, 5.74) is 1.18. The zero-order valence-electron chi connectivity index (χ0n) is 10.5. The van der Waals surface area contributed by atoms with Gasteiger partial charge in [0.2, 0.25) is 0 Å². The number of hydrogen-bond donors (Lipinski definition) is 1. The van der Waals surface area contributed by atoms with Gasteiger partial charge in [-0.2, -0.15) is 5.10 Å². The second kappa shape index (κ2) is 4.97. The van der Waals surface area contributed by atoms with Crippen molar-refractivity contribution < 1.29 is 0 Å². The molecule has 16 heavy (non-hydrogen) atoms. The number of rotatable bonds is 3. The molecule has 1 N–H and O–H groups in total. The van der Waals surface area contributed by atoms with Crippen molar-refractivity contribution in [1.29, 1.82) is 0 Å². The minimum absolute atomic E-state index is 0.635. The zero-order chi connectivity index (χ0) is 11.5. The first-order valence-corrected chi connectivity index (χ1v) is 6.10. The van der Waals surface area contributed by atoms with Gasteiger partial charge in [-0.15, -0.1) is 0 Å². The predicted octanol–water partition coefficient (Wildman–Crippen LogP) is 0.850. The molecule has 0 bridgehead atoms. The molecule has 0 amide bonds. The summed E-state index contributed by atoms with van der Waals surface area (Å²) in [6.07, 6.45) is 2.02. The van der Waals surface area contributed by atoms with Crippen molar-refractivity contribution in [2.75, 3.05) is 19.6 Å². The first-order chi connectivity index (χ1) is 7.66. The van der Waals surface area contributed by atoms with Gasteiger partial charge in [-0.25, -0.2) is 0 Å². The van der Waals surface area contributed by atoms with Gasteiger partial charge in [0, 0.05) is 45.5 Å². The van der Waals surface area contributed by atoms with Crippen molar-refractivity contribution in [2.45, 2.75) is 26.4 Å². The Morgan fingerprint density at radius 2 is 2.38 bits per heavy atom. The Labute approximate surface area is 97.6 Å². The summed E-state index contributed by atoms with van der Waals surface area (Å²) in [6.45, 7) is 8.89. The van der Waals surface area contributed by atoms with Gasteiger partial charge in [0.1, 0.15) is 0 Å². The average Bonchev–Trinajstić information content (AvgIpc) is 2.64. The number of aromatic nitrogens is 2. The van der Waals surface area contributed by atoms with E-state index >= 15 is 0 Å². The van der Waals surface area contributed by atoms with E-state index in [1.807, 2.05) is 17.9 Å². The van der Waals surface area contributed by atoms with Crippen LogP contribution in [0.3, 0.4) is 0 Å². The molecule has 1 aromatic rings. The van der Waals surface area contributed by atoms with E-state index in [9.17, 15) is 0 Å². The predicted molar refractivity (Wildman–Crippen MR) is 65.1 cm³/mol. The van der Waals surface area contributed by atoms with E-state index in [1.54, 1.807) is 0 Å². The molecule has 2 rings (SSSR count). The van der Waals surface area contributed by atoms with Crippen molar-refractivity contribution in [2.24, 2.45) is 13.0 Å². The van der Waals surface area contributed by atoms with Gasteiger partial charge in [-0.1, -0.05) is 13.8 Å². The molecule has 1 aliphatic rings. The average molecular weight is 222 g/mol. The van der Waals surface area contributed by atoms with Crippen LogP contribution in [0.15, 0.2) is 12.3 Å². The number of hydrogen-bond acceptors (Lipinski definition) is 3. The fourth-order valence-corrected chi connectivity index (χ4v) is 2.38. The van der Waals surface area contributed by atoms with Crippen LogP contribution in [0.5, 0.6) is 0 Å². The van der Waals surface area contributed by atoms with Gasteiger partial charge in [-0.3, -0.25) is 9.58 Å². The molecule has 1 unspecified atom stereocenters. The topological polar surface area (TPSA) is 33.1 Å². The quantitative estimate of drug-likeness (QED) is 0.823. The highest BCUT2D eigenvalue weighted by molar-refractivity contribution is 5.00. The third-order valence-corrected chi connectivity index (χ3v) is 3.30. The first kappa shape index (κ1) is 11.6. The Morgan fingerprint density at radius 1 is 1.56 bits per heavy atom. The second-order valence-electron chi connectivity index (χ2n) is 4.97. The van der Waals surface area contributed by atoms with Crippen LogP contribution in [0, 0.1) is 5.92 Å². The fourth-order valence-electron chi connectivity index (χ4n) is 2.38. The molecule has 1 aromatic heterocycles. The van der Waals surface area contributed by atoms with Crippen LogP contribution >= 0.6 is 0 Å². The van der Waals surface area contributed by atoms with Gasteiger partial charge in [0.15, 0.2) is 0 Å². The Kier molecular flexibility index (Phi) is 3.61. The summed E-state index contributed by atoms with van der Waals surface area (Å²) >= 11 is 0. The molecule has 0 saturated carbocycles. The minimum atomic E-state index is 0.635. The lowest BCUT2D eigenvalue weighted by atomic mass is 10.0. The summed E-state index contributed by atoms with van der Waals surface area (Å²) in [6, 6.07) is 2.75. The molecule has 1 saturated heterocycles. The van der Waals surface area contributed by atoms with Gasteiger partial charge in [0.25, 0.3) is 0 Å². The van der Waals surface area contributed by atoms with Crippen molar-refractivity contribution in [3.8, 4) is 0 Å². The number of nitrogens with zero attached hydrogens (tertiary/aromatic N) is 3. The lowest BCUT2D eigenvalue weighted by Gasteiger charge is -2.38. The van der Waals surface area contributed by atoms with Crippen molar-refractivity contribution in [3.05, 3.63) is 18.0 Å². The van der Waals surface area contributed by atoms with E-state index < -0.39 is 0 Å². The van der Waals surface area contributed by atoms with E-state index in [0.717, 1.165) is 26.2 Å². The standard InChI is InChI=1S/C12H22N4/c1-10(2)12-8-13-5-7-16(12)9-11-4-6-15(3)14-11/h4,6,10,12-13H,5,7-9H2,1-3H3. The molecule has 4 heteroatoms. The molecular formula is C12H22N4. The Balaban J connectivity index is 2.01. The molecule has 1 atom stereocenters. The summed E-state index contributed by atoms with van der Waals surface area (Å²) in [5.74, 6) is 0.691. The van der Waals surface area contributed by atoms with Crippen molar-refractivity contribution in [3.63, 3.8) is 0 Å². The Morgan fingerprint density at radius 3 is 3.00 bits per heavy atom. The molecule has 0 aliphatic carbocycles. The molecule has 1 fully saturated rings. The third kappa shape index (κ3) is 2.62. The first-order valence-electron chi connectivity index (χ1n) is 6.10. The second-order valence-corrected chi connectivity index (χ2v) is 4.97. The summed E-state index contributed by atoms with van der Waals surface area (Å²) < 4.78 is 1.88. The maximum absolute atomic E-state index is 4.45. The number of aryl methyl sites for hydroxylation is 1. The summed E-state index contributed by atoms with van der Waals surface area (Å²) in [7, 11) is 1.97. The molecular weight excluding hydrogens is 200 g/mol. The van der Waals surface area contributed by atoms with E-state index in [1.165, 1.54) is 5.69 Å². The highest BCUT2D eigenvalue weighted by Gasteiger charge is 2.25. The normalized spacial score (nSPS) is 22.9. The zero-order valence-corrected chi connectivity index (χ0v) is 10.5. The fraction of sp³-hybridized carbons (Fsp3) is 0.750. The van der Waals surface area contributed by atoms with E-state index in [0.29, 0.717) is 12.0 Å². The molecule has 4 nitrogen and oxygen atoms in total. The molecule has 90 valence electrons. The molecule has 1 aliphatic heterocycles.